The van der Waals surface area contributed by atoms with E-state index in [0.29, 0.717) is 11.3 Å². The molecular formula is C19H14Cl3NO4. The summed E-state index contributed by atoms with van der Waals surface area (Å²) in [5.41, 5.74) is 1.19. The Hall–Kier alpha value is -2.34. The van der Waals surface area contributed by atoms with Crippen molar-refractivity contribution in [2.75, 3.05) is 11.9 Å². The maximum Gasteiger partial charge on any atom is 0.339 e. The fourth-order valence-corrected chi connectivity index (χ4v) is 2.27. The summed E-state index contributed by atoms with van der Waals surface area (Å²) in [6.45, 7) is 1.14. The van der Waals surface area contributed by atoms with E-state index in [1.54, 1.807) is 36.4 Å². The molecule has 1 N–H and O–H groups in total. The number of hydrogen-bond donors (Lipinski definition) is 1. The number of benzene rings is 2. The van der Waals surface area contributed by atoms with Gasteiger partial charge in [-0.3, -0.25) is 9.59 Å². The molecule has 0 saturated carbocycles. The van der Waals surface area contributed by atoms with E-state index in [1.807, 2.05) is 0 Å². The van der Waals surface area contributed by atoms with Crippen LogP contribution in [0.2, 0.25) is 0 Å². The third kappa shape index (κ3) is 5.82. The lowest BCUT2D eigenvalue weighted by Crippen LogP contribution is -2.18. The summed E-state index contributed by atoms with van der Waals surface area (Å²) in [5, 5.41) is 2.64. The Labute approximate surface area is 170 Å². The van der Waals surface area contributed by atoms with Crippen molar-refractivity contribution in [2.45, 2.75) is 6.92 Å². The number of anilines is 1. The Morgan fingerprint density at radius 1 is 0.926 bits per heavy atom. The lowest BCUT2D eigenvalue weighted by atomic mass is 10.1. The Balaban J connectivity index is 2.16. The molecule has 0 heterocycles. The van der Waals surface area contributed by atoms with Crippen molar-refractivity contribution in [3.63, 3.8) is 0 Å². The first-order valence-electron chi connectivity index (χ1n) is 7.67. The van der Waals surface area contributed by atoms with Gasteiger partial charge in [0.2, 0.25) is 0 Å². The van der Waals surface area contributed by atoms with E-state index in [4.69, 9.17) is 39.5 Å². The van der Waals surface area contributed by atoms with E-state index >= 15 is 0 Å². The third-order valence-corrected chi connectivity index (χ3v) is 4.42. The summed E-state index contributed by atoms with van der Waals surface area (Å²) in [6, 6.07) is 12.6. The van der Waals surface area contributed by atoms with Crippen molar-refractivity contribution in [3.8, 4) is 0 Å². The predicted octanol–water partition coefficient (Wildman–Crippen LogP) is 5.18. The van der Waals surface area contributed by atoms with Crippen LogP contribution in [0.4, 0.5) is 5.69 Å². The van der Waals surface area contributed by atoms with Gasteiger partial charge in [0.1, 0.15) is 11.1 Å². The molecule has 0 aliphatic rings. The quantitative estimate of drug-likeness (QED) is 0.510. The molecule has 27 heavy (non-hydrogen) atoms. The molecule has 1 amide bonds. The second-order valence-electron chi connectivity index (χ2n) is 5.37. The van der Waals surface area contributed by atoms with Crippen molar-refractivity contribution in [3.05, 3.63) is 74.7 Å². The van der Waals surface area contributed by atoms with Crippen LogP contribution in [0.15, 0.2) is 58.1 Å². The number of halogens is 3. The predicted molar refractivity (Wildman–Crippen MR) is 106 cm³/mol. The summed E-state index contributed by atoms with van der Waals surface area (Å²) in [7, 11) is 0. The van der Waals surface area contributed by atoms with E-state index in [-0.39, 0.29) is 33.0 Å². The first-order valence-corrected chi connectivity index (χ1v) is 8.81. The van der Waals surface area contributed by atoms with Crippen LogP contribution in [0.3, 0.4) is 0 Å². The van der Waals surface area contributed by atoms with Crippen LogP contribution >= 0.6 is 34.8 Å². The minimum atomic E-state index is -0.750. The van der Waals surface area contributed by atoms with Gasteiger partial charge >= 0.3 is 5.97 Å². The zero-order valence-electron chi connectivity index (χ0n) is 14.1. The maximum atomic E-state index is 12.5. The van der Waals surface area contributed by atoms with Gasteiger partial charge in [-0.2, -0.15) is 0 Å². The van der Waals surface area contributed by atoms with Crippen molar-refractivity contribution in [2.24, 2.45) is 0 Å². The monoisotopic (exact) mass is 425 g/mol. The highest BCUT2D eigenvalue weighted by atomic mass is 35.5. The lowest BCUT2D eigenvalue weighted by Gasteiger charge is -2.10. The first kappa shape index (κ1) is 21.0. The second kappa shape index (κ2) is 9.55. The highest BCUT2D eigenvalue weighted by molar-refractivity contribution is 6.59. The van der Waals surface area contributed by atoms with Crippen molar-refractivity contribution in [1.82, 2.24) is 0 Å². The molecule has 2 aromatic carbocycles. The zero-order chi connectivity index (χ0) is 20.0. The zero-order valence-corrected chi connectivity index (χ0v) is 16.4. The van der Waals surface area contributed by atoms with E-state index in [0.717, 1.165) is 0 Å². The largest absolute Gasteiger partial charge is 0.456 e. The molecule has 0 radical (unpaired) electrons. The fraction of sp³-hybridized carbons (Fsp3) is 0.105. The molecule has 0 aliphatic carbocycles. The molecule has 0 atom stereocenters. The molecule has 0 spiro atoms. The number of ether oxygens (including phenoxy) is 1. The summed E-state index contributed by atoms with van der Waals surface area (Å²) >= 11 is 16.7. The highest BCUT2D eigenvalue weighted by Crippen LogP contribution is 2.19. The smallest absolute Gasteiger partial charge is 0.339 e. The molecular weight excluding hydrogens is 413 g/mol. The minimum absolute atomic E-state index is 0.0285. The number of hydrogen-bond acceptors (Lipinski definition) is 4. The van der Waals surface area contributed by atoms with Crippen molar-refractivity contribution in [1.29, 1.82) is 0 Å². The topological polar surface area (TPSA) is 72.5 Å². The number of rotatable bonds is 6. The number of Topliss-reactive ketones (excluding diaryl/α,β-unsaturated/α-hetero) is 1. The van der Waals surface area contributed by atoms with Crippen LogP contribution in [0.25, 0.3) is 0 Å². The first-order chi connectivity index (χ1) is 12.8. The van der Waals surface area contributed by atoms with E-state index in [2.05, 4.69) is 5.32 Å². The fourth-order valence-electron chi connectivity index (χ4n) is 2.11. The standard InChI is InChI=1S/C19H14Cl3NO4/c1-11(24)12-6-8-13(9-7-12)23-18(25)14-4-2-3-5-15(14)19(26)27-10-16(20)17(21)22/h2-9H,10H2,1H3,(H,23,25). The third-order valence-electron chi connectivity index (χ3n) is 3.48. The second-order valence-corrected chi connectivity index (χ2v) is 6.78. The molecule has 0 aromatic heterocycles. The Morgan fingerprint density at radius 3 is 2.07 bits per heavy atom. The summed E-state index contributed by atoms with van der Waals surface area (Å²) in [4.78, 5) is 36.1. The van der Waals surface area contributed by atoms with Crippen LogP contribution in [-0.2, 0) is 4.74 Å². The molecule has 5 nitrogen and oxygen atoms in total. The number of amides is 1. The van der Waals surface area contributed by atoms with Gasteiger partial charge in [0.25, 0.3) is 5.91 Å². The van der Waals surface area contributed by atoms with Gasteiger partial charge in [-0.25, -0.2) is 4.79 Å². The van der Waals surface area contributed by atoms with Crippen LogP contribution in [0.1, 0.15) is 38.0 Å². The van der Waals surface area contributed by atoms with Gasteiger partial charge in [-0.15, -0.1) is 0 Å². The number of carbonyl (C=O) groups excluding carboxylic acids is 3. The lowest BCUT2D eigenvalue weighted by molar-refractivity contribution is 0.0542. The van der Waals surface area contributed by atoms with E-state index < -0.39 is 11.9 Å². The summed E-state index contributed by atoms with van der Waals surface area (Å²) in [5.74, 6) is -1.33. The van der Waals surface area contributed by atoms with Crippen LogP contribution in [-0.4, -0.2) is 24.3 Å². The van der Waals surface area contributed by atoms with Gasteiger partial charge in [0, 0.05) is 11.3 Å². The minimum Gasteiger partial charge on any atom is -0.456 e. The summed E-state index contributed by atoms with van der Waals surface area (Å²) < 4.78 is 4.81. The van der Waals surface area contributed by atoms with Crippen LogP contribution < -0.4 is 5.32 Å². The number of nitrogens with one attached hydrogen (secondary N) is 1. The highest BCUT2D eigenvalue weighted by Gasteiger charge is 2.18. The van der Waals surface area contributed by atoms with E-state index in [1.165, 1.54) is 19.1 Å². The molecule has 2 rings (SSSR count). The average Bonchev–Trinajstić information content (AvgIpc) is 2.66. The van der Waals surface area contributed by atoms with Gasteiger partial charge in [0.05, 0.1) is 16.2 Å². The van der Waals surface area contributed by atoms with Crippen LogP contribution in [0, 0.1) is 0 Å². The average molecular weight is 427 g/mol. The van der Waals surface area contributed by atoms with Gasteiger partial charge < -0.3 is 10.1 Å². The SMILES string of the molecule is CC(=O)c1ccc(NC(=O)c2ccccc2C(=O)OCC(Cl)=C(Cl)Cl)cc1. The molecule has 0 aliphatic heterocycles. The number of esters is 1. The Bertz CT molecular complexity index is 903. The van der Waals surface area contributed by atoms with Gasteiger partial charge in [-0.1, -0.05) is 46.9 Å². The number of ketones is 1. The van der Waals surface area contributed by atoms with Gasteiger partial charge in [-0.05, 0) is 43.3 Å². The Kier molecular flexibility index (Phi) is 7.42. The molecule has 0 unspecified atom stereocenters. The normalized spacial score (nSPS) is 10.1. The van der Waals surface area contributed by atoms with Crippen LogP contribution in [0.5, 0.6) is 0 Å². The molecule has 140 valence electrons. The molecule has 2 aromatic rings. The molecule has 0 saturated heterocycles. The van der Waals surface area contributed by atoms with Crippen molar-refractivity contribution < 1.29 is 19.1 Å². The number of carbonyl (C=O) groups is 3. The summed E-state index contributed by atoms with van der Waals surface area (Å²) in [6.07, 6.45) is 0. The molecule has 8 heteroatoms. The Morgan fingerprint density at radius 2 is 1.52 bits per heavy atom. The van der Waals surface area contributed by atoms with Gasteiger partial charge in [0.15, 0.2) is 5.78 Å². The molecule has 0 fully saturated rings. The molecule has 0 bridgehead atoms. The maximum absolute atomic E-state index is 12.5. The van der Waals surface area contributed by atoms with Crippen molar-refractivity contribution >= 4 is 58.1 Å². The van der Waals surface area contributed by atoms with E-state index in [9.17, 15) is 14.4 Å².